The van der Waals surface area contributed by atoms with Gasteiger partial charge in [-0.15, -0.1) is 0 Å². The fraction of sp³-hybridized carbons (Fsp3) is 0.0833. The largest absolute Gasteiger partial charge is 0.454 e. The van der Waals surface area contributed by atoms with Crippen molar-refractivity contribution in [2.45, 2.75) is 16.7 Å². The van der Waals surface area contributed by atoms with Crippen molar-refractivity contribution in [2.75, 3.05) is 6.79 Å². The SMILES string of the molecule is Cc1nn(-c2ccccc2)c(OC(=O)c2ccc3c(c2)OCO3)c1S(=O)(=O)c1ccccc1. The van der Waals surface area contributed by atoms with Gasteiger partial charge in [0.05, 0.1) is 21.8 Å². The Labute approximate surface area is 189 Å². The predicted molar refractivity (Wildman–Crippen MR) is 118 cm³/mol. The third-order valence-corrected chi connectivity index (χ3v) is 6.99. The van der Waals surface area contributed by atoms with Gasteiger partial charge in [0.1, 0.15) is 0 Å². The van der Waals surface area contributed by atoms with Gasteiger partial charge in [0.15, 0.2) is 16.4 Å². The number of rotatable bonds is 5. The van der Waals surface area contributed by atoms with Crippen LogP contribution in [0, 0.1) is 6.92 Å². The van der Waals surface area contributed by atoms with E-state index < -0.39 is 15.8 Å². The van der Waals surface area contributed by atoms with E-state index in [1.807, 2.05) is 6.07 Å². The summed E-state index contributed by atoms with van der Waals surface area (Å²) in [6.07, 6.45) is 0. The summed E-state index contributed by atoms with van der Waals surface area (Å²) in [5.41, 5.74) is 0.931. The number of benzene rings is 3. The molecule has 0 spiro atoms. The molecule has 5 rings (SSSR count). The Morgan fingerprint density at radius 2 is 1.61 bits per heavy atom. The molecule has 8 nitrogen and oxygen atoms in total. The second-order valence-corrected chi connectivity index (χ2v) is 9.13. The summed E-state index contributed by atoms with van der Waals surface area (Å²) in [6.45, 7) is 1.63. The van der Waals surface area contributed by atoms with Crippen LogP contribution in [0.25, 0.3) is 5.69 Å². The first-order valence-corrected chi connectivity index (χ1v) is 11.5. The van der Waals surface area contributed by atoms with Crippen molar-refractivity contribution in [3.8, 4) is 23.1 Å². The minimum atomic E-state index is -4.03. The van der Waals surface area contributed by atoms with E-state index in [1.54, 1.807) is 55.5 Å². The summed E-state index contributed by atoms with van der Waals surface area (Å²) in [6, 6.07) is 21.4. The molecule has 0 atom stereocenters. The maximum atomic E-state index is 13.5. The van der Waals surface area contributed by atoms with E-state index in [0.717, 1.165) is 0 Å². The van der Waals surface area contributed by atoms with E-state index >= 15 is 0 Å². The standard InChI is InChI=1S/C24H18N2O6S/c1-16-22(33(28,29)19-10-6-3-7-11-19)23(26(25-16)18-8-4-2-5-9-18)32-24(27)17-12-13-20-21(14-17)31-15-30-20/h2-14H,15H2,1H3. The Morgan fingerprint density at radius 3 is 2.33 bits per heavy atom. The minimum Gasteiger partial charge on any atom is -0.454 e. The zero-order valence-corrected chi connectivity index (χ0v) is 18.3. The molecule has 0 bridgehead atoms. The van der Waals surface area contributed by atoms with Gasteiger partial charge in [0.2, 0.25) is 22.5 Å². The monoisotopic (exact) mass is 462 g/mol. The molecule has 0 saturated heterocycles. The number of hydrogen-bond donors (Lipinski definition) is 0. The van der Waals surface area contributed by atoms with Crippen LogP contribution in [0.2, 0.25) is 0 Å². The number of ether oxygens (including phenoxy) is 3. The first-order chi connectivity index (χ1) is 15.9. The molecule has 4 aromatic rings. The molecule has 0 aliphatic carbocycles. The molecule has 0 N–H and O–H groups in total. The maximum Gasteiger partial charge on any atom is 0.345 e. The highest BCUT2D eigenvalue weighted by molar-refractivity contribution is 7.91. The quantitative estimate of drug-likeness (QED) is 0.414. The number of para-hydroxylation sites is 1. The number of carbonyl (C=O) groups is 1. The van der Waals surface area contributed by atoms with Crippen LogP contribution >= 0.6 is 0 Å². The number of carbonyl (C=O) groups excluding carboxylic acids is 1. The number of fused-ring (bicyclic) bond motifs is 1. The lowest BCUT2D eigenvalue weighted by molar-refractivity contribution is 0.0717. The lowest BCUT2D eigenvalue weighted by Gasteiger charge is -2.11. The Bertz CT molecular complexity index is 1450. The van der Waals surface area contributed by atoms with Crippen LogP contribution < -0.4 is 14.2 Å². The molecule has 1 aliphatic heterocycles. The van der Waals surface area contributed by atoms with Crippen LogP contribution in [0.15, 0.2) is 88.7 Å². The lowest BCUT2D eigenvalue weighted by atomic mass is 10.2. The summed E-state index contributed by atoms with van der Waals surface area (Å²) in [5, 5.41) is 4.39. The molecule has 33 heavy (non-hydrogen) atoms. The molecule has 0 fully saturated rings. The highest BCUT2D eigenvalue weighted by atomic mass is 32.2. The summed E-state index contributed by atoms with van der Waals surface area (Å²) in [5.74, 6) is -0.0153. The predicted octanol–water partition coefficient (Wildman–Crippen LogP) is 3.96. The normalized spacial score (nSPS) is 12.5. The van der Waals surface area contributed by atoms with Crippen molar-refractivity contribution in [2.24, 2.45) is 0 Å². The van der Waals surface area contributed by atoms with Gasteiger partial charge in [-0.1, -0.05) is 36.4 Å². The number of aromatic nitrogens is 2. The van der Waals surface area contributed by atoms with Gasteiger partial charge in [-0.2, -0.15) is 9.78 Å². The fourth-order valence-corrected chi connectivity index (χ4v) is 5.06. The van der Waals surface area contributed by atoms with Gasteiger partial charge in [-0.25, -0.2) is 13.2 Å². The van der Waals surface area contributed by atoms with Gasteiger partial charge in [0.25, 0.3) is 0 Å². The Balaban J connectivity index is 1.64. The average molecular weight is 462 g/mol. The highest BCUT2D eigenvalue weighted by Gasteiger charge is 2.32. The van der Waals surface area contributed by atoms with Crippen molar-refractivity contribution >= 4 is 15.8 Å². The fourth-order valence-electron chi connectivity index (χ4n) is 3.52. The average Bonchev–Trinajstić information content (AvgIpc) is 3.44. The Hall–Kier alpha value is -4.11. The second-order valence-electron chi connectivity index (χ2n) is 7.24. The van der Waals surface area contributed by atoms with Gasteiger partial charge < -0.3 is 14.2 Å². The zero-order chi connectivity index (χ0) is 23.0. The molecule has 1 aromatic heterocycles. The highest BCUT2D eigenvalue weighted by Crippen LogP contribution is 2.36. The van der Waals surface area contributed by atoms with Crippen LogP contribution in [0.4, 0.5) is 0 Å². The summed E-state index contributed by atoms with van der Waals surface area (Å²) >= 11 is 0. The first kappa shape index (κ1) is 20.8. The molecular formula is C24H18N2O6S. The second kappa shape index (κ2) is 8.10. The van der Waals surface area contributed by atoms with Gasteiger partial charge in [-0.3, -0.25) is 0 Å². The molecule has 0 saturated carbocycles. The van der Waals surface area contributed by atoms with Crippen LogP contribution in [0.1, 0.15) is 16.1 Å². The molecular weight excluding hydrogens is 444 g/mol. The van der Waals surface area contributed by atoms with Crippen LogP contribution in [0.5, 0.6) is 17.4 Å². The van der Waals surface area contributed by atoms with Crippen LogP contribution in [0.3, 0.4) is 0 Å². The summed E-state index contributed by atoms with van der Waals surface area (Å²) in [4.78, 5) is 13.0. The molecule has 166 valence electrons. The molecule has 0 radical (unpaired) electrons. The number of sulfone groups is 1. The van der Waals surface area contributed by atoms with Crippen molar-refractivity contribution in [3.05, 3.63) is 90.1 Å². The number of esters is 1. The minimum absolute atomic E-state index is 0.0628. The van der Waals surface area contributed by atoms with Gasteiger partial charge in [-0.05, 0) is 49.4 Å². The number of hydrogen-bond acceptors (Lipinski definition) is 7. The van der Waals surface area contributed by atoms with E-state index in [4.69, 9.17) is 14.2 Å². The maximum absolute atomic E-state index is 13.5. The van der Waals surface area contributed by atoms with E-state index in [9.17, 15) is 13.2 Å². The zero-order valence-electron chi connectivity index (χ0n) is 17.5. The van der Waals surface area contributed by atoms with E-state index in [1.165, 1.54) is 28.9 Å². The summed E-state index contributed by atoms with van der Waals surface area (Å²) in [7, 11) is -4.03. The van der Waals surface area contributed by atoms with Crippen LogP contribution in [-0.2, 0) is 9.84 Å². The Morgan fingerprint density at radius 1 is 0.939 bits per heavy atom. The van der Waals surface area contributed by atoms with Crippen LogP contribution in [-0.4, -0.2) is 31.0 Å². The van der Waals surface area contributed by atoms with Gasteiger partial charge in [0, 0.05) is 0 Å². The smallest absolute Gasteiger partial charge is 0.345 e. The van der Waals surface area contributed by atoms with Gasteiger partial charge >= 0.3 is 5.97 Å². The first-order valence-electron chi connectivity index (χ1n) is 10.0. The summed E-state index contributed by atoms with van der Waals surface area (Å²) < 4.78 is 44.6. The van der Waals surface area contributed by atoms with Crippen molar-refractivity contribution in [1.82, 2.24) is 9.78 Å². The van der Waals surface area contributed by atoms with Crippen molar-refractivity contribution < 1.29 is 27.4 Å². The van der Waals surface area contributed by atoms with E-state index in [-0.39, 0.29) is 33.7 Å². The Kier molecular flexibility index (Phi) is 5.10. The third kappa shape index (κ3) is 3.72. The lowest BCUT2D eigenvalue weighted by Crippen LogP contribution is -2.14. The molecule has 0 amide bonds. The molecule has 3 aromatic carbocycles. The third-order valence-electron chi connectivity index (χ3n) is 5.09. The van der Waals surface area contributed by atoms with E-state index in [2.05, 4.69) is 5.10 Å². The molecule has 1 aliphatic rings. The molecule has 9 heteroatoms. The molecule has 0 unspecified atom stereocenters. The van der Waals surface area contributed by atoms with Crippen molar-refractivity contribution in [1.29, 1.82) is 0 Å². The number of aryl methyl sites for hydroxylation is 1. The van der Waals surface area contributed by atoms with Crippen molar-refractivity contribution in [3.63, 3.8) is 0 Å². The number of nitrogens with zero attached hydrogens (tertiary/aromatic N) is 2. The topological polar surface area (TPSA) is 96.7 Å². The van der Waals surface area contributed by atoms with E-state index in [0.29, 0.717) is 17.2 Å². The molecule has 2 heterocycles.